The minimum atomic E-state index is -0.169. The lowest BCUT2D eigenvalue weighted by atomic mass is 9.90. The molecule has 31 heavy (non-hydrogen) atoms. The van der Waals surface area contributed by atoms with Crippen LogP contribution in [-0.2, 0) is 25.4 Å². The smallest absolute Gasteiger partial charge is 0.188 e. The Kier molecular flexibility index (Phi) is 10.3. The summed E-state index contributed by atoms with van der Waals surface area (Å²) in [6, 6.07) is 8.40. The van der Waals surface area contributed by atoms with Crippen molar-refractivity contribution >= 4 is 5.78 Å². The summed E-state index contributed by atoms with van der Waals surface area (Å²) in [4.78, 5) is 12.7. The second kappa shape index (κ2) is 12.9. The van der Waals surface area contributed by atoms with Crippen LogP contribution in [0.1, 0.15) is 22.8 Å². The molecule has 0 aliphatic heterocycles. The molecular formula is C23H30O8. The van der Waals surface area contributed by atoms with Crippen LogP contribution in [0.25, 0.3) is 11.1 Å². The molecule has 1 N–H and O–H groups in total. The van der Waals surface area contributed by atoms with Gasteiger partial charge in [0.15, 0.2) is 19.4 Å². The molecule has 0 bridgehead atoms. The van der Waals surface area contributed by atoms with E-state index < -0.39 is 0 Å². The number of hydrogen-bond donors (Lipinski definition) is 1. The second-order valence-corrected chi connectivity index (χ2v) is 6.66. The van der Waals surface area contributed by atoms with E-state index in [-0.39, 0.29) is 25.1 Å². The summed E-state index contributed by atoms with van der Waals surface area (Å²) >= 11 is 0. The van der Waals surface area contributed by atoms with Crippen LogP contribution in [0.4, 0.5) is 0 Å². The number of phenols is 1. The highest BCUT2D eigenvalue weighted by molar-refractivity contribution is 6.01. The predicted molar refractivity (Wildman–Crippen MR) is 115 cm³/mol. The van der Waals surface area contributed by atoms with Crippen LogP contribution in [0.15, 0.2) is 30.3 Å². The van der Waals surface area contributed by atoms with Gasteiger partial charge in [-0.15, -0.1) is 0 Å². The van der Waals surface area contributed by atoms with Crippen LogP contribution in [0.2, 0.25) is 0 Å². The van der Waals surface area contributed by atoms with Crippen LogP contribution in [0.3, 0.4) is 0 Å². The fourth-order valence-corrected chi connectivity index (χ4v) is 3.19. The maximum atomic E-state index is 12.7. The highest BCUT2D eigenvalue weighted by Crippen LogP contribution is 2.42. The van der Waals surface area contributed by atoms with E-state index in [1.54, 1.807) is 31.4 Å². The lowest BCUT2D eigenvalue weighted by Crippen LogP contribution is -2.13. The molecule has 0 spiro atoms. The molecular weight excluding hydrogens is 404 g/mol. The van der Waals surface area contributed by atoms with Gasteiger partial charge in [0, 0.05) is 33.0 Å². The topological polar surface area (TPSA) is 92.7 Å². The number of phenolic OH excluding ortho intramolecular Hbond substituents is 1. The van der Waals surface area contributed by atoms with E-state index in [0.717, 1.165) is 0 Å². The maximum absolute atomic E-state index is 12.7. The van der Waals surface area contributed by atoms with Crippen molar-refractivity contribution in [1.29, 1.82) is 0 Å². The van der Waals surface area contributed by atoms with Crippen molar-refractivity contribution in [1.82, 2.24) is 0 Å². The molecule has 0 saturated carbocycles. The standard InChI is InChI=1S/C23H30O8/c1-16(24)22-19(8-9-29-11-10-26-2)23(17-6-5-7-18(25)12-17)21(31-15-28-4)13-20(22)30-14-27-3/h5-7,12-13,25H,8-11,14-15H2,1-4H3. The number of carbonyl (C=O) groups is 1. The molecule has 0 amide bonds. The van der Waals surface area contributed by atoms with Crippen molar-refractivity contribution in [3.63, 3.8) is 0 Å². The van der Waals surface area contributed by atoms with Gasteiger partial charge in [0.05, 0.1) is 25.4 Å². The first-order valence-corrected chi connectivity index (χ1v) is 9.83. The Balaban J connectivity index is 2.65. The summed E-state index contributed by atoms with van der Waals surface area (Å²) in [5.41, 5.74) is 2.46. The first-order valence-electron chi connectivity index (χ1n) is 9.83. The zero-order valence-corrected chi connectivity index (χ0v) is 18.4. The molecule has 0 radical (unpaired) electrons. The second-order valence-electron chi connectivity index (χ2n) is 6.66. The van der Waals surface area contributed by atoms with Crippen molar-refractivity contribution in [2.75, 3.05) is 54.7 Å². The third-order valence-corrected chi connectivity index (χ3v) is 4.44. The van der Waals surface area contributed by atoms with Gasteiger partial charge in [-0.1, -0.05) is 12.1 Å². The summed E-state index contributed by atoms with van der Waals surface area (Å²) in [7, 11) is 4.62. The van der Waals surface area contributed by atoms with Crippen LogP contribution in [0, 0.1) is 0 Å². The van der Waals surface area contributed by atoms with E-state index in [0.29, 0.717) is 60.0 Å². The molecule has 8 heteroatoms. The molecule has 170 valence electrons. The van der Waals surface area contributed by atoms with Gasteiger partial charge in [-0.25, -0.2) is 0 Å². The number of hydrogen-bond acceptors (Lipinski definition) is 8. The van der Waals surface area contributed by atoms with Crippen molar-refractivity contribution in [2.45, 2.75) is 13.3 Å². The highest BCUT2D eigenvalue weighted by atomic mass is 16.7. The fraction of sp³-hybridized carbons (Fsp3) is 0.435. The molecule has 2 rings (SSSR count). The van der Waals surface area contributed by atoms with Gasteiger partial charge in [0.25, 0.3) is 0 Å². The Hall–Kier alpha value is -2.65. The Morgan fingerprint density at radius 2 is 1.61 bits per heavy atom. The molecule has 0 aliphatic carbocycles. The Morgan fingerprint density at radius 1 is 0.903 bits per heavy atom. The van der Waals surface area contributed by atoms with E-state index in [9.17, 15) is 9.90 Å². The summed E-state index contributed by atoms with van der Waals surface area (Å²) < 4.78 is 32.3. The van der Waals surface area contributed by atoms with Crippen LogP contribution in [0.5, 0.6) is 17.2 Å². The van der Waals surface area contributed by atoms with Crippen molar-refractivity contribution < 1.29 is 38.3 Å². The number of ether oxygens (including phenoxy) is 6. The first-order chi connectivity index (χ1) is 15.0. The van der Waals surface area contributed by atoms with Gasteiger partial charge < -0.3 is 33.5 Å². The number of carbonyl (C=O) groups excluding carboxylic acids is 1. The van der Waals surface area contributed by atoms with Gasteiger partial charge in [-0.3, -0.25) is 4.79 Å². The summed E-state index contributed by atoms with van der Waals surface area (Å²) in [6.07, 6.45) is 0.414. The molecule has 0 saturated heterocycles. The zero-order chi connectivity index (χ0) is 22.6. The molecule has 0 heterocycles. The van der Waals surface area contributed by atoms with Crippen molar-refractivity contribution in [2.24, 2.45) is 0 Å². The minimum absolute atomic E-state index is 0.00126. The Morgan fingerprint density at radius 3 is 2.23 bits per heavy atom. The predicted octanol–water partition coefficient (Wildman–Crippen LogP) is 3.43. The molecule has 0 aromatic heterocycles. The number of benzene rings is 2. The van der Waals surface area contributed by atoms with Gasteiger partial charge in [-0.2, -0.15) is 0 Å². The van der Waals surface area contributed by atoms with Crippen LogP contribution < -0.4 is 9.47 Å². The third kappa shape index (κ3) is 6.93. The average Bonchev–Trinajstić information content (AvgIpc) is 2.75. The molecule has 8 nitrogen and oxygen atoms in total. The first kappa shape index (κ1) is 24.6. The number of Topliss-reactive ketones (excluding diaryl/α,β-unsaturated/α-hetero) is 1. The fourth-order valence-electron chi connectivity index (χ4n) is 3.19. The van der Waals surface area contributed by atoms with Gasteiger partial charge >= 0.3 is 0 Å². The maximum Gasteiger partial charge on any atom is 0.188 e. The molecule has 0 atom stereocenters. The molecule has 2 aromatic carbocycles. The van der Waals surface area contributed by atoms with Gasteiger partial charge in [0.1, 0.15) is 17.2 Å². The van der Waals surface area contributed by atoms with Gasteiger partial charge in [-0.05, 0) is 36.6 Å². The normalized spacial score (nSPS) is 10.8. The molecule has 2 aromatic rings. The van der Waals surface area contributed by atoms with Crippen LogP contribution in [-0.4, -0.2) is 65.6 Å². The number of aromatic hydroxyl groups is 1. The number of methoxy groups -OCH3 is 3. The molecule has 0 unspecified atom stereocenters. The summed E-state index contributed by atoms with van der Waals surface area (Å²) in [6.45, 7) is 2.70. The SMILES string of the molecule is COCCOCCc1c(C(C)=O)c(OCOC)cc(OCOC)c1-c1cccc(O)c1. The van der Waals surface area contributed by atoms with E-state index in [4.69, 9.17) is 28.4 Å². The molecule has 0 aliphatic rings. The Labute approximate surface area is 182 Å². The van der Waals surface area contributed by atoms with E-state index in [1.165, 1.54) is 21.1 Å². The lowest BCUT2D eigenvalue weighted by Gasteiger charge is -2.22. The van der Waals surface area contributed by atoms with E-state index in [1.807, 2.05) is 6.07 Å². The number of rotatable bonds is 14. The van der Waals surface area contributed by atoms with Crippen LogP contribution >= 0.6 is 0 Å². The highest BCUT2D eigenvalue weighted by Gasteiger charge is 2.24. The minimum Gasteiger partial charge on any atom is -0.508 e. The van der Waals surface area contributed by atoms with E-state index in [2.05, 4.69) is 0 Å². The number of ketones is 1. The largest absolute Gasteiger partial charge is 0.508 e. The lowest BCUT2D eigenvalue weighted by molar-refractivity contribution is 0.0455. The zero-order valence-electron chi connectivity index (χ0n) is 18.4. The summed E-state index contributed by atoms with van der Waals surface area (Å²) in [5.74, 6) is 0.728. The quantitative estimate of drug-likeness (QED) is 0.275. The monoisotopic (exact) mass is 434 g/mol. The molecule has 0 fully saturated rings. The Bertz CT molecular complexity index is 850. The average molecular weight is 434 g/mol. The summed E-state index contributed by atoms with van der Waals surface area (Å²) in [5, 5.41) is 10.0. The van der Waals surface area contributed by atoms with Crippen molar-refractivity contribution in [3.8, 4) is 28.4 Å². The third-order valence-electron chi connectivity index (χ3n) is 4.44. The van der Waals surface area contributed by atoms with E-state index >= 15 is 0 Å². The van der Waals surface area contributed by atoms with Gasteiger partial charge in [0.2, 0.25) is 0 Å². The van der Waals surface area contributed by atoms with Crippen molar-refractivity contribution in [3.05, 3.63) is 41.5 Å².